The molecule has 4 atom stereocenters. The number of hydrogen-bond donors (Lipinski definition) is 8. The van der Waals surface area contributed by atoms with E-state index in [-0.39, 0.29) is 31.1 Å². The lowest BCUT2D eigenvalue weighted by molar-refractivity contribution is -0.143. The number of likely N-dealkylation sites (tertiary alicyclic amines) is 1. The Hall–Kier alpha value is -3.30. The summed E-state index contributed by atoms with van der Waals surface area (Å²) in [6.45, 7) is 1.84. The minimum atomic E-state index is -1.30. The van der Waals surface area contributed by atoms with Crippen molar-refractivity contribution in [2.75, 3.05) is 26.2 Å². The fourth-order valence-electron chi connectivity index (χ4n) is 6.07. The first kappa shape index (κ1) is 37.9. The molecule has 2 aliphatic rings. The molecule has 1 heterocycles. The lowest BCUT2D eigenvalue weighted by Gasteiger charge is -2.33. The van der Waals surface area contributed by atoms with Gasteiger partial charge in [0.1, 0.15) is 24.2 Å². The van der Waals surface area contributed by atoms with E-state index in [0.717, 1.165) is 25.7 Å². The largest absolute Gasteiger partial charge is 0.481 e. The smallest absolute Gasteiger partial charge is 0.303 e. The minimum absolute atomic E-state index is 0.0480. The monoisotopic (exact) mass is 638 g/mol. The Labute approximate surface area is 265 Å². The topological polar surface area (TPSA) is 266 Å². The van der Waals surface area contributed by atoms with Crippen LogP contribution in [0.25, 0.3) is 0 Å². The van der Waals surface area contributed by atoms with Gasteiger partial charge in [-0.2, -0.15) is 0 Å². The molecule has 1 saturated heterocycles. The van der Waals surface area contributed by atoms with E-state index in [1.165, 1.54) is 0 Å². The Morgan fingerprint density at radius 3 is 1.82 bits per heavy atom. The number of carboxylic acids is 1. The number of rotatable bonds is 20. The summed E-state index contributed by atoms with van der Waals surface area (Å²) < 4.78 is 0. The fraction of sp³-hybridized carbons (Fsp3) is 0.800. The molecular formula is C30H54N8O7. The second-order valence-corrected chi connectivity index (χ2v) is 12.2. The van der Waals surface area contributed by atoms with Gasteiger partial charge >= 0.3 is 5.97 Å². The third kappa shape index (κ3) is 12.5. The number of hydrogen-bond acceptors (Lipinski definition) is 9. The number of carboxylic acid groups (broad SMARTS) is 1. The Bertz CT molecular complexity index is 1000. The summed E-state index contributed by atoms with van der Waals surface area (Å²) in [4.78, 5) is 78.5. The Morgan fingerprint density at radius 1 is 0.733 bits per heavy atom. The van der Waals surface area contributed by atoms with Crippen LogP contribution in [0.15, 0.2) is 0 Å². The van der Waals surface area contributed by atoms with Crippen LogP contribution in [0.3, 0.4) is 0 Å². The number of nitrogens with two attached hydrogens (primary N) is 4. The van der Waals surface area contributed by atoms with Crippen molar-refractivity contribution in [2.45, 2.75) is 114 Å². The molecule has 2 rings (SSSR count). The van der Waals surface area contributed by atoms with Crippen molar-refractivity contribution in [3.05, 3.63) is 0 Å². The predicted molar refractivity (Wildman–Crippen MR) is 167 cm³/mol. The lowest BCUT2D eigenvalue weighted by Crippen LogP contribution is -2.58. The van der Waals surface area contributed by atoms with E-state index in [4.69, 9.17) is 22.9 Å². The van der Waals surface area contributed by atoms with Gasteiger partial charge in [0.25, 0.3) is 0 Å². The fourth-order valence-corrected chi connectivity index (χ4v) is 6.07. The van der Waals surface area contributed by atoms with E-state index in [2.05, 4.69) is 16.0 Å². The zero-order chi connectivity index (χ0) is 33.4. The highest BCUT2D eigenvalue weighted by atomic mass is 16.4. The van der Waals surface area contributed by atoms with Crippen molar-refractivity contribution in [2.24, 2.45) is 34.8 Å². The number of nitrogens with one attached hydrogen (secondary N) is 3. The molecule has 0 bridgehead atoms. The number of carbonyl (C=O) groups is 6. The molecule has 2 fully saturated rings. The van der Waals surface area contributed by atoms with E-state index >= 15 is 0 Å². The molecule has 5 amide bonds. The highest BCUT2D eigenvalue weighted by Crippen LogP contribution is 2.31. The van der Waals surface area contributed by atoms with Gasteiger partial charge in [0, 0.05) is 18.9 Å². The van der Waals surface area contributed by atoms with Crippen LogP contribution in [-0.2, 0) is 28.8 Å². The summed E-state index contributed by atoms with van der Waals surface area (Å²) in [7, 11) is 0. The molecule has 15 heteroatoms. The third-order valence-corrected chi connectivity index (χ3v) is 8.83. The van der Waals surface area contributed by atoms with Crippen LogP contribution < -0.4 is 38.9 Å². The number of amides is 5. The maximum Gasteiger partial charge on any atom is 0.303 e. The quantitative estimate of drug-likeness (QED) is 0.0738. The molecule has 0 aromatic heterocycles. The minimum Gasteiger partial charge on any atom is -0.481 e. The predicted octanol–water partition coefficient (Wildman–Crippen LogP) is -1.19. The normalized spacial score (nSPS) is 21.8. The highest BCUT2D eigenvalue weighted by molar-refractivity contribution is 5.95. The molecular weight excluding hydrogens is 584 g/mol. The van der Waals surface area contributed by atoms with E-state index in [0.29, 0.717) is 70.6 Å². The van der Waals surface area contributed by atoms with Crippen molar-refractivity contribution in [1.82, 2.24) is 20.9 Å². The number of aliphatic carboxylic acids is 1. The van der Waals surface area contributed by atoms with Crippen molar-refractivity contribution < 1.29 is 33.9 Å². The summed E-state index contributed by atoms with van der Waals surface area (Å²) in [5, 5.41) is 17.1. The van der Waals surface area contributed by atoms with Crippen molar-refractivity contribution in [3.63, 3.8) is 0 Å². The molecule has 1 aliphatic carbocycles. The van der Waals surface area contributed by atoms with Crippen LogP contribution in [-0.4, -0.2) is 95.9 Å². The summed E-state index contributed by atoms with van der Waals surface area (Å²) in [6, 6.07) is -4.10. The molecule has 45 heavy (non-hydrogen) atoms. The molecule has 0 spiro atoms. The first-order valence-corrected chi connectivity index (χ1v) is 16.3. The summed E-state index contributed by atoms with van der Waals surface area (Å²) >= 11 is 0. The number of primary amides is 1. The van der Waals surface area contributed by atoms with Crippen molar-refractivity contribution >= 4 is 35.5 Å². The van der Waals surface area contributed by atoms with Crippen LogP contribution in [0.1, 0.15) is 89.9 Å². The first-order chi connectivity index (χ1) is 21.5. The van der Waals surface area contributed by atoms with Gasteiger partial charge in [0.15, 0.2) is 0 Å². The zero-order valence-corrected chi connectivity index (χ0v) is 26.3. The van der Waals surface area contributed by atoms with Gasteiger partial charge in [-0.25, -0.2) is 0 Å². The van der Waals surface area contributed by atoms with E-state index in [9.17, 15) is 33.9 Å². The van der Waals surface area contributed by atoms with E-state index in [1.807, 2.05) is 0 Å². The Morgan fingerprint density at radius 2 is 1.29 bits per heavy atom. The lowest BCUT2D eigenvalue weighted by atomic mass is 9.81. The molecule has 1 saturated carbocycles. The van der Waals surface area contributed by atoms with E-state index < -0.39 is 60.2 Å². The van der Waals surface area contributed by atoms with Gasteiger partial charge < -0.3 is 48.9 Å². The molecule has 15 nitrogen and oxygen atoms in total. The maximum atomic E-state index is 13.5. The van der Waals surface area contributed by atoms with Crippen LogP contribution in [0.5, 0.6) is 0 Å². The Kier molecular flexibility index (Phi) is 16.8. The zero-order valence-electron chi connectivity index (χ0n) is 26.3. The molecule has 4 unspecified atom stereocenters. The third-order valence-electron chi connectivity index (χ3n) is 8.83. The van der Waals surface area contributed by atoms with Crippen LogP contribution in [0, 0.1) is 11.8 Å². The van der Waals surface area contributed by atoms with Crippen LogP contribution in [0.4, 0.5) is 0 Å². The average molecular weight is 639 g/mol. The van der Waals surface area contributed by atoms with Gasteiger partial charge in [-0.15, -0.1) is 0 Å². The molecule has 0 aromatic carbocycles. The summed E-state index contributed by atoms with van der Waals surface area (Å²) in [6.07, 6.45) is 6.37. The number of unbranched alkanes of at least 4 members (excludes halogenated alkanes) is 2. The average Bonchev–Trinajstić information content (AvgIpc) is 3.52. The molecule has 0 radical (unpaired) electrons. The second-order valence-electron chi connectivity index (χ2n) is 12.2. The highest BCUT2D eigenvalue weighted by Gasteiger charge is 2.39. The molecule has 1 aliphatic heterocycles. The van der Waals surface area contributed by atoms with Crippen molar-refractivity contribution in [1.29, 1.82) is 0 Å². The van der Waals surface area contributed by atoms with Gasteiger partial charge in [0.2, 0.25) is 29.5 Å². The standard InChI is InChI=1S/C30H54N8O7/c31-15-3-1-6-21(26(34)41)35-28(43)23(13-14-25(39)40)36-27(42)22(7-2-4-16-32)37-29(44)24-8-5-17-38(24)30(45)20-11-9-19(18-33)10-12-20/h19-24H,1-18,31-33H2,(H2,34,41)(H,35,43)(H,36,42)(H,37,44)(H,39,40). The summed E-state index contributed by atoms with van der Waals surface area (Å²) in [5.41, 5.74) is 22.4. The van der Waals surface area contributed by atoms with Crippen molar-refractivity contribution in [3.8, 4) is 0 Å². The van der Waals surface area contributed by atoms with Gasteiger partial charge in [-0.05, 0) is 109 Å². The second kappa shape index (κ2) is 20.0. The SMILES string of the molecule is NCCCCC(NC(=O)C(CCC(=O)O)NC(=O)C(CCCCN)NC(=O)C1CCCN1C(=O)C1CCC(CN)CC1)C(N)=O. The number of carbonyl (C=O) groups excluding carboxylic acids is 5. The Balaban J connectivity index is 2.14. The first-order valence-electron chi connectivity index (χ1n) is 16.3. The molecule has 12 N–H and O–H groups in total. The maximum absolute atomic E-state index is 13.5. The molecule has 0 aromatic rings. The van der Waals surface area contributed by atoms with Gasteiger partial charge in [-0.1, -0.05) is 0 Å². The van der Waals surface area contributed by atoms with Gasteiger partial charge in [0.05, 0.1) is 0 Å². The van der Waals surface area contributed by atoms with Crippen LogP contribution in [0.2, 0.25) is 0 Å². The number of nitrogens with zero attached hydrogens (tertiary/aromatic N) is 1. The van der Waals surface area contributed by atoms with Gasteiger partial charge in [-0.3, -0.25) is 28.8 Å². The molecule has 256 valence electrons. The van der Waals surface area contributed by atoms with E-state index in [1.54, 1.807) is 4.90 Å². The van der Waals surface area contributed by atoms with Crippen LogP contribution >= 0.6 is 0 Å². The summed E-state index contributed by atoms with van der Waals surface area (Å²) in [5.74, 6) is -3.62.